The van der Waals surface area contributed by atoms with Gasteiger partial charge < -0.3 is 10.7 Å². The molecule has 112 valence electrons. The van der Waals surface area contributed by atoms with Crippen LogP contribution in [0.2, 0.25) is 0 Å². The first-order valence-corrected chi connectivity index (χ1v) is 6.92. The average molecular weight is 289 g/mol. The lowest BCUT2D eigenvalue weighted by molar-refractivity contribution is 0.627. The molecule has 0 bridgehead atoms. The normalized spacial score (nSPS) is 10.5. The molecule has 2 rings (SSSR count). The first-order valence-electron chi connectivity index (χ1n) is 6.92. The van der Waals surface area contributed by atoms with Gasteiger partial charge >= 0.3 is 0 Å². The molecule has 6 heteroatoms. The molecule has 0 aliphatic heterocycles. The molecule has 1 aromatic carbocycles. The number of nitrogens with two attached hydrogens (primary N) is 1. The summed E-state index contributed by atoms with van der Waals surface area (Å²) in [6, 6.07) is 4.59. The van der Waals surface area contributed by atoms with E-state index in [2.05, 4.69) is 27.6 Å². The number of hydrogen-bond acceptors (Lipinski definition) is 5. The van der Waals surface area contributed by atoms with Gasteiger partial charge in [0.15, 0.2) is 0 Å². The molecule has 0 saturated heterocycles. The first kappa shape index (κ1) is 15.2. The fourth-order valence-corrected chi connectivity index (χ4v) is 2.06. The molecular weight excluding hydrogens is 269 g/mol. The van der Waals surface area contributed by atoms with Gasteiger partial charge in [0.05, 0.1) is 0 Å². The lowest BCUT2D eigenvalue weighted by Gasteiger charge is -2.14. The van der Waals surface area contributed by atoms with E-state index in [4.69, 9.17) is 5.84 Å². The van der Waals surface area contributed by atoms with Crippen LogP contribution in [0.25, 0.3) is 0 Å². The van der Waals surface area contributed by atoms with Gasteiger partial charge in [-0.1, -0.05) is 6.92 Å². The number of aryl methyl sites for hydroxylation is 2. The van der Waals surface area contributed by atoms with Crippen LogP contribution in [0, 0.1) is 19.7 Å². The summed E-state index contributed by atoms with van der Waals surface area (Å²) < 4.78 is 13.2. The van der Waals surface area contributed by atoms with Crippen molar-refractivity contribution in [1.82, 2.24) is 9.97 Å². The topological polar surface area (TPSA) is 75.9 Å². The fraction of sp³-hybridized carbons (Fsp3) is 0.333. The van der Waals surface area contributed by atoms with E-state index in [1.54, 1.807) is 6.07 Å². The number of aromatic nitrogens is 2. The molecule has 0 spiro atoms. The molecule has 0 atom stereocenters. The number of anilines is 3. The first-order chi connectivity index (χ1) is 10.0. The summed E-state index contributed by atoms with van der Waals surface area (Å²) in [5.41, 5.74) is 5.03. The van der Waals surface area contributed by atoms with Crippen LogP contribution in [0.3, 0.4) is 0 Å². The maximum Gasteiger partial charge on any atom is 0.148 e. The predicted octanol–water partition coefficient (Wildman–Crippen LogP) is 3.21. The van der Waals surface area contributed by atoms with Crippen LogP contribution in [0.1, 0.15) is 30.3 Å². The van der Waals surface area contributed by atoms with Crippen LogP contribution < -0.4 is 16.6 Å². The van der Waals surface area contributed by atoms with E-state index in [0.29, 0.717) is 11.6 Å². The summed E-state index contributed by atoms with van der Waals surface area (Å²) in [7, 11) is 0. The van der Waals surface area contributed by atoms with Crippen molar-refractivity contribution in [2.24, 2.45) is 5.84 Å². The van der Waals surface area contributed by atoms with E-state index in [-0.39, 0.29) is 5.82 Å². The van der Waals surface area contributed by atoms with Crippen molar-refractivity contribution >= 4 is 17.3 Å². The number of nitrogens with zero attached hydrogens (tertiary/aromatic N) is 2. The van der Waals surface area contributed by atoms with Crippen LogP contribution in [0.4, 0.5) is 21.7 Å². The smallest absolute Gasteiger partial charge is 0.148 e. The Hall–Kier alpha value is -2.21. The quantitative estimate of drug-likeness (QED) is 0.582. The molecule has 5 nitrogen and oxygen atoms in total. The molecule has 4 N–H and O–H groups in total. The number of rotatable bonds is 5. The van der Waals surface area contributed by atoms with Gasteiger partial charge in [0.2, 0.25) is 0 Å². The monoisotopic (exact) mass is 289 g/mol. The summed E-state index contributed by atoms with van der Waals surface area (Å²) >= 11 is 0. The molecule has 0 saturated carbocycles. The van der Waals surface area contributed by atoms with E-state index in [1.165, 1.54) is 12.1 Å². The van der Waals surface area contributed by atoms with E-state index in [0.717, 1.165) is 35.5 Å². The molecule has 2 aromatic rings. The lowest BCUT2D eigenvalue weighted by atomic mass is 10.2. The Morgan fingerprint density at radius 3 is 2.52 bits per heavy atom. The van der Waals surface area contributed by atoms with Crippen LogP contribution in [-0.4, -0.2) is 9.97 Å². The third-order valence-corrected chi connectivity index (χ3v) is 3.24. The molecule has 0 fully saturated rings. The fourth-order valence-electron chi connectivity index (χ4n) is 2.06. The summed E-state index contributed by atoms with van der Waals surface area (Å²) in [4.78, 5) is 8.89. The van der Waals surface area contributed by atoms with Gasteiger partial charge in [0, 0.05) is 17.7 Å². The zero-order valence-corrected chi connectivity index (χ0v) is 12.5. The zero-order valence-electron chi connectivity index (χ0n) is 12.5. The van der Waals surface area contributed by atoms with E-state index < -0.39 is 0 Å². The summed E-state index contributed by atoms with van der Waals surface area (Å²) in [6.07, 6.45) is 1.72. The number of hydrazine groups is 1. The van der Waals surface area contributed by atoms with Gasteiger partial charge in [-0.3, -0.25) is 0 Å². The van der Waals surface area contributed by atoms with Crippen molar-refractivity contribution in [3.05, 3.63) is 41.0 Å². The maximum atomic E-state index is 13.2. The van der Waals surface area contributed by atoms with E-state index >= 15 is 0 Å². The van der Waals surface area contributed by atoms with Gasteiger partial charge in [0.25, 0.3) is 0 Å². The minimum atomic E-state index is -0.256. The highest BCUT2D eigenvalue weighted by Crippen LogP contribution is 2.25. The van der Waals surface area contributed by atoms with Crippen molar-refractivity contribution in [3.63, 3.8) is 0 Å². The highest BCUT2D eigenvalue weighted by Gasteiger charge is 2.11. The standard InChI is InChI=1S/C15H20FN5/c1-4-5-13-19-14(10(3)15(20-13)21-17)18-12-7-6-11(16)8-9(12)2/h6-8H,4-5,17H2,1-3H3,(H2,18,19,20,21). The highest BCUT2D eigenvalue weighted by molar-refractivity contribution is 5.66. The molecular formula is C15H20FN5. The molecule has 1 aromatic heterocycles. The Labute approximate surface area is 123 Å². The molecule has 21 heavy (non-hydrogen) atoms. The van der Waals surface area contributed by atoms with Crippen LogP contribution >= 0.6 is 0 Å². The molecule has 1 heterocycles. The summed E-state index contributed by atoms with van der Waals surface area (Å²) in [5.74, 6) is 7.24. The van der Waals surface area contributed by atoms with Crippen molar-refractivity contribution < 1.29 is 4.39 Å². The van der Waals surface area contributed by atoms with Gasteiger partial charge in [-0.2, -0.15) is 0 Å². The molecule has 0 unspecified atom stereocenters. The third-order valence-electron chi connectivity index (χ3n) is 3.24. The zero-order chi connectivity index (χ0) is 15.4. The Balaban J connectivity index is 2.40. The second-order valence-electron chi connectivity index (χ2n) is 4.94. The number of nitrogens with one attached hydrogen (secondary N) is 2. The van der Waals surface area contributed by atoms with E-state index in [9.17, 15) is 4.39 Å². The number of nitrogen functional groups attached to an aromatic ring is 1. The average Bonchev–Trinajstić information content (AvgIpc) is 2.45. The largest absolute Gasteiger partial charge is 0.340 e. The highest BCUT2D eigenvalue weighted by atomic mass is 19.1. The Kier molecular flexibility index (Phi) is 4.70. The van der Waals surface area contributed by atoms with Crippen LogP contribution in [0.5, 0.6) is 0 Å². The molecule has 0 aliphatic rings. The minimum absolute atomic E-state index is 0.256. The number of benzene rings is 1. The van der Waals surface area contributed by atoms with Gasteiger partial charge in [-0.15, -0.1) is 0 Å². The second kappa shape index (κ2) is 6.49. The SMILES string of the molecule is CCCc1nc(NN)c(C)c(Nc2ccc(F)cc2C)n1. The molecule has 0 amide bonds. The maximum absolute atomic E-state index is 13.2. The van der Waals surface area contributed by atoms with E-state index in [1.807, 2.05) is 13.8 Å². The van der Waals surface area contributed by atoms with Gasteiger partial charge in [-0.25, -0.2) is 20.2 Å². The predicted molar refractivity (Wildman–Crippen MR) is 83.0 cm³/mol. The number of halogens is 1. The minimum Gasteiger partial charge on any atom is -0.340 e. The van der Waals surface area contributed by atoms with Crippen LogP contribution in [0.15, 0.2) is 18.2 Å². The lowest BCUT2D eigenvalue weighted by Crippen LogP contribution is -2.14. The van der Waals surface area contributed by atoms with Crippen molar-refractivity contribution in [1.29, 1.82) is 0 Å². The summed E-state index contributed by atoms with van der Waals surface area (Å²) in [5, 5.41) is 3.23. The Morgan fingerprint density at radius 2 is 1.90 bits per heavy atom. The van der Waals surface area contributed by atoms with Gasteiger partial charge in [0.1, 0.15) is 23.3 Å². The van der Waals surface area contributed by atoms with Crippen molar-refractivity contribution in [2.45, 2.75) is 33.6 Å². The Morgan fingerprint density at radius 1 is 1.19 bits per heavy atom. The molecule has 0 aliphatic carbocycles. The number of hydrogen-bond donors (Lipinski definition) is 3. The molecule has 0 radical (unpaired) electrons. The van der Waals surface area contributed by atoms with Gasteiger partial charge in [-0.05, 0) is 44.0 Å². The Bertz CT molecular complexity index is 642. The second-order valence-corrected chi connectivity index (χ2v) is 4.94. The van der Waals surface area contributed by atoms with Crippen LogP contribution in [-0.2, 0) is 6.42 Å². The van der Waals surface area contributed by atoms with Crippen molar-refractivity contribution in [3.8, 4) is 0 Å². The third kappa shape index (κ3) is 3.46. The summed E-state index contributed by atoms with van der Waals surface area (Å²) in [6.45, 7) is 5.79. The van der Waals surface area contributed by atoms with Crippen molar-refractivity contribution in [2.75, 3.05) is 10.7 Å².